The zero-order chi connectivity index (χ0) is 13.9. The van der Waals surface area contributed by atoms with Crippen molar-refractivity contribution in [1.29, 1.82) is 0 Å². The summed E-state index contributed by atoms with van der Waals surface area (Å²) in [7, 11) is 0. The van der Waals surface area contributed by atoms with Crippen molar-refractivity contribution in [3.05, 3.63) is 36.0 Å². The molecule has 0 atom stereocenters. The van der Waals surface area contributed by atoms with E-state index in [-0.39, 0.29) is 0 Å². The fraction of sp³-hybridized carbons (Fsp3) is 0.471. The summed E-state index contributed by atoms with van der Waals surface area (Å²) in [4.78, 5) is 7.40. The van der Waals surface area contributed by atoms with Crippen LogP contribution >= 0.6 is 0 Å². The number of hydrogen-bond acceptors (Lipinski definition) is 3. The number of benzene rings is 1. The van der Waals surface area contributed by atoms with Gasteiger partial charge in [-0.2, -0.15) is 0 Å². The van der Waals surface area contributed by atoms with Crippen LogP contribution in [0.15, 0.2) is 30.3 Å². The van der Waals surface area contributed by atoms with Gasteiger partial charge < -0.3 is 10.2 Å². The highest BCUT2D eigenvalue weighted by atomic mass is 15.2. The van der Waals surface area contributed by atoms with Crippen molar-refractivity contribution in [2.24, 2.45) is 0 Å². The molecule has 0 unspecified atom stereocenters. The van der Waals surface area contributed by atoms with Crippen molar-refractivity contribution < 1.29 is 0 Å². The van der Waals surface area contributed by atoms with E-state index in [2.05, 4.69) is 54.4 Å². The normalized spacial score (nSPS) is 14.7. The molecule has 1 aromatic carbocycles. The second-order valence-corrected chi connectivity index (χ2v) is 5.46. The number of aromatic nitrogens is 1. The number of fused-ring (bicyclic) bond motifs is 1. The van der Waals surface area contributed by atoms with Crippen molar-refractivity contribution in [3.63, 3.8) is 0 Å². The molecule has 3 heteroatoms. The Bertz CT molecular complexity index is 590. The molecule has 0 radical (unpaired) electrons. The zero-order valence-electron chi connectivity index (χ0n) is 12.4. The first-order chi connectivity index (χ1) is 9.83. The molecule has 1 heterocycles. The van der Waals surface area contributed by atoms with Gasteiger partial charge in [0.15, 0.2) is 0 Å². The van der Waals surface area contributed by atoms with Gasteiger partial charge in [0, 0.05) is 24.5 Å². The fourth-order valence-electron chi connectivity index (χ4n) is 2.76. The van der Waals surface area contributed by atoms with Gasteiger partial charge in [-0.15, -0.1) is 0 Å². The van der Waals surface area contributed by atoms with Crippen LogP contribution < -0.4 is 10.2 Å². The molecule has 0 amide bonds. The molecule has 3 nitrogen and oxygen atoms in total. The molecule has 2 aromatic rings. The van der Waals surface area contributed by atoms with Crippen molar-refractivity contribution >= 4 is 16.6 Å². The summed E-state index contributed by atoms with van der Waals surface area (Å²) in [5.41, 5.74) is 1.14. The van der Waals surface area contributed by atoms with Crippen LogP contribution in [-0.4, -0.2) is 24.1 Å². The summed E-state index contributed by atoms with van der Waals surface area (Å²) in [6.45, 7) is 7.21. The molecule has 0 aliphatic heterocycles. The quantitative estimate of drug-likeness (QED) is 0.872. The number of rotatable bonds is 6. The Labute approximate surface area is 121 Å². The minimum atomic E-state index is 0.699. The largest absolute Gasteiger partial charge is 0.353 e. The van der Waals surface area contributed by atoms with E-state index in [1.807, 2.05) is 0 Å². The van der Waals surface area contributed by atoms with Gasteiger partial charge >= 0.3 is 0 Å². The maximum atomic E-state index is 4.93. The Morgan fingerprint density at radius 1 is 1.25 bits per heavy atom. The maximum absolute atomic E-state index is 4.93. The molecular weight excluding hydrogens is 246 g/mol. The van der Waals surface area contributed by atoms with Crippen LogP contribution in [0.4, 0.5) is 5.82 Å². The second kappa shape index (κ2) is 5.80. The summed E-state index contributed by atoms with van der Waals surface area (Å²) in [5.74, 6) is 1.17. The van der Waals surface area contributed by atoms with E-state index in [1.54, 1.807) is 0 Å². The second-order valence-electron chi connectivity index (χ2n) is 5.46. The fourth-order valence-corrected chi connectivity index (χ4v) is 2.76. The van der Waals surface area contributed by atoms with Crippen LogP contribution in [0.25, 0.3) is 10.8 Å². The van der Waals surface area contributed by atoms with Gasteiger partial charge in [-0.3, -0.25) is 0 Å². The van der Waals surface area contributed by atoms with Gasteiger partial charge in [0.25, 0.3) is 0 Å². The lowest BCUT2D eigenvalue weighted by molar-refractivity contribution is 0.707. The van der Waals surface area contributed by atoms with Crippen LogP contribution in [0, 0.1) is 0 Å². The summed E-state index contributed by atoms with van der Waals surface area (Å²) >= 11 is 0. The highest BCUT2D eigenvalue weighted by Crippen LogP contribution is 2.34. The Kier molecular flexibility index (Phi) is 3.88. The Hall–Kier alpha value is -1.61. The number of pyridine rings is 1. The number of anilines is 1. The highest BCUT2D eigenvalue weighted by molar-refractivity contribution is 5.92. The number of nitrogens with one attached hydrogen (secondary N) is 1. The Morgan fingerprint density at radius 3 is 2.75 bits per heavy atom. The summed E-state index contributed by atoms with van der Waals surface area (Å²) in [5, 5.41) is 5.95. The zero-order valence-corrected chi connectivity index (χ0v) is 12.4. The molecule has 1 aliphatic carbocycles. The molecule has 0 bridgehead atoms. The lowest BCUT2D eigenvalue weighted by atomic mass is 10.1. The monoisotopic (exact) mass is 269 g/mol. The molecule has 0 saturated heterocycles. The van der Waals surface area contributed by atoms with Crippen LogP contribution in [0.5, 0.6) is 0 Å². The van der Waals surface area contributed by atoms with Crippen LogP contribution in [0.3, 0.4) is 0 Å². The molecular formula is C17H23N3. The van der Waals surface area contributed by atoms with Gasteiger partial charge in [0.2, 0.25) is 0 Å². The van der Waals surface area contributed by atoms with E-state index in [0.717, 1.165) is 25.3 Å². The smallest absolute Gasteiger partial charge is 0.137 e. The van der Waals surface area contributed by atoms with Gasteiger partial charge in [-0.1, -0.05) is 31.2 Å². The van der Waals surface area contributed by atoms with E-state index in [1.165, 1.54) is 29.4 Å². The van der Waals surface area contributed by atoms with E-state index < -0.39 is 0 Å². The van der Waals surface area contributed by atoms with Crippen molar-refractivity contribution in [2.75, 3.05) is 18.0 Å². The molecule has 1 aromatic heterocycles. The van der Waals surface area contributed by atoms with Crippen LogP contribution in [0.2, 0.25) is 0 Å². The molecule has 1 aliphatic rings. The predicted molar refractivity (Wildman–Crippen MR) is 85.2 cm³/mol. The molecule has 106 valence electrons. The third-order valence-electron chi connectivity index (χ3n) is 3.93. The lowest BCUT2D eigenvalue weighted by Crippen LogP contribution is -2.27. The van der Waals surface area contributed by atoms with Crippen molar-refractivity contribution in [3.8, 4) is 0 Å². The first kappa shape index (κ1) is 13.4. The molecule has 1 fully saturated rings. The Morgan fingerprint density at radius 2 is 2.05 bits per heavy atom. The van der Waals surface area contributed by atoms with Crippen molar-refractivity contribution in [2.45, 2.75) is 39.3 Å². The van der Waals surface area contributed by atoms with Gasteiger partial charge in [0.1, 0.15) is 5.82 Å². The van der Waals surface area contributed by atoms with Crippen LogP contribution in [0.1, 0.15) is 32.4 Å². The minimum Gasteiger partial charge on any atom is -0.353 e. The predicted octanol–water partition coefficient (Wildman–Crippen LogP) is 3.33. The topological polar surface area (TPSA) is 28.2 Å². The van der Waals surface area contributed by atoms with E-state index >= 15 is 0 Å². The lowest BCUT2D eigenvalue weighted by Gasteiger charge is -2.24. The third kappa shape index (κ3) is 2.63. The van der Waals surface area contributed by atoms with Gasteiger partial charge in [0.05, 0.1) is 5.69 Å². The molecule has 3 rings (SSSR count). The molecule has 1 N–H and O–H groups in total. The van der Waals surface area contributed by atoms with Gasteiger partial charge in [-0.25, -0.2) is 4.98 Å². The molecule has 0 spiro atoms. The van der Waals surface area contributed by atoms with E-state index in [4.69, 9.17) is 4.98 Å². The third-order valence-corrected chi connectivity index (χ3v) is 3.93. The van der Waals surface area contributed by atoms with E-state index in [0.29, 0.717) is 6.04 Å². The average Bonchev–Trinajstić information content (AvgIpc) is 3.30. The first-order valence-corrected chi connectivity index (χ1v) is 7.69. The minimum absolute atomic E-state index is 0.699. The van der Waals surface area contributed by atoms with Crippen molar-refractivity contribution in [1.82, 2.24) is 10.3 Å². The van der Waals surface area contributed by atoms with Crippen LogP contribution in [-0.2, 0) is 6.54 Å². The maximum Gasteiger partial charge on any atom is 0.137 e. The summed E-state index contributed by atoms with van der Waals surface area (Å²) < 4.78 is 0. The summed E-state index contributed by atoms with van der Waals surface area (Å²) in [6, 6.07) is 11.5. The summed E-state index contributed by atoms with van der Waals surface area (Å²) in [6.07, 6.45) is 2.61. The first-order valence-electron chi connectivity index (χ1n) is 7.69. The van der Waals surface area contributed by atoms with Gasteiger partial charge in [-0.05, 0) is 37.8 Å². The molecule has 20 heavy (non-hydrogen) atoms. The average molecular weight is 269 g/mol. The number of nitrogens with zero attached hydrogens (tertiary/aromatic N) is 2. The Balaban J connectivity index is 2.06. The standard InChI is InChI=1S/C17H23N3/c1-3-18-12-14-11-13-7-5-6-8-16(13)17(19-14)20(4-2)15-9-10-15/h5-8,11,15,18H,3-4,9-10,12H2,1-2H3. The molecule has 1 saturated carbocycles. The SMILES string of the molecule is CCNCc1cc2ccccc2c(N(CC)C2CC2)n1. The highest BCUT2D eigenvalue weighted by Gasteiger charge is 2.29. The number of hydrogen-bond donors (Lipinski definition) is 1. The van der Waals surface area contributed by atoms with E-state index in [9.17, 15) is 0 Å².